The van der Waals surface area contributed by atoms with Gasteiger partial charge in [0.2, 0.25) is 5.82 Å². The van der Waals surface area contributed by atoms with Crippen LogP contribution in [0.15, 0.2) is 48.5 Å². The van der Waals surface area contributed by atoms with Gasteiger partial charge in [-0.1, -0.05) is 48.5 Å². The van der Waals surface area contributed by atoms with Crippen molar-refractivity contribution in [3.05, 3.63) is 65.5 Å². The predicted molar refractivity (Wildman–Crippen MR) is 114 cm³/mol. The van der Waals surface area contributed by atoms with E-state index in [9.17, 15) is 14.4 Å². The quantitative estimate of drug-likeness (QED) is 0.398. The first-order chi connectivity index (χ1) is 15.5. The van der Waals surface area contributed by atoms with Crippen LogP contribution >= 0.6 is 0 Å². The van der Waals surface area contributed by atoms with Crippen LogP contribution in [0.5, 0.6) is 0 Å². The lowest BCUT2D eigenvalue weighted by molar-refractivity contribution is -0.137. The van der Waals surface area contributed by atoms with Crippen molar-refractivity contribution in [1.29, 1.82) is 0 Å². The zero-order valence-electron chi connectivity index (χ0n) is 17.0. The molecule has 0 fully saturated rings. The number of hydrogen-bond acceptors (Lipinski definition) is 6. The third kappa shape index (κ3) is 4.59. The molecular weight excluding hydrogens is 414 g/mol. The van der Waals surface area contributed by atoms with E-state index in [-0.39, 0.29) is 37.3 Å². The molecule has 2 aromatic carbocycles. The molecule has 10 nitrogen and oxygen atoms in total. The van der Waals surface area contributed by atoms with Crippen LogP contribution in [0.25, 0.3) is 11.1 Å². The molecule has 4 rings (SSSR count). The molecule has 1 aliphatic rings. The summed E-state index contributed by atoms with van der Waals surface area (Å²) in [4.78, 5) is 38.6. The number of carbonyl (C=O) groups is 3. The number of aliphatic carboxylic acids is 1. The minimum absolute atomic E-state index is 0.0503. The van der Waals surface area contributed by atoms with Crippen LogP contribution in [0, 0.1) is 0 Å². The molecule has 2 amide bonds. The molecule has 0 radical (unpaired) electrons. The summed E-state index contributed by atoms with van der Waals surface area (Å²) in [6.45, 7) is 0.322. The molecule has 0 bridgehead atoms. The first kappa shape index (κ1) is 21.0. The van der Waals surface area contributed by atoms with E-state index >= 15 is 0 Å². The van der Waals surface area contributed by atoms with Crippen molar-refractivity contribution in [3.8, 4) is 11.1 Å². The monoisotopic (exact) mass is 435 g/mol. The zero-order valence-corrected chi connectivity index (χ0v) is 17.0. The van der Waals surface area contributed by atoms with Gasteiger partial charge >= 0.3 is 12.1 Å². The third-order valence-corrected chi connectivity index (χ3v) is 5.11. The van der Waals surface area contributed by atoms with Gasteiger partial charge in [0.1, 0.15) is 6.61 Å². The lowest BCUT2D eigenvalue weighted by Crippen LogP contribution is -2.26. The molecule has 0 atom stereocenters. The molecule has 1 heterocycles. The van der Waals surface area contributed by atoms with E-state index in [4.69, 9.17) is 9.84 Å². The highest BCUT2D eigenvalue weighted by atomic mass is 16.5. The summed E-state index contributed by atoms with van der Waals surface area (Å²) in [5.74, 6) is -1.77. The Hall–Kier alpha value is -4.21. The SMILES string of the molecule is O=C(O)CCCNC(=O)c1nc(NC(=O)OCC2c3ccccc3-c3ccccc32)n[nH]1. The number of carbonyl (C=O) groups excluding carboxylic acids is 2. The van der Waals surface area contributed by atoms with Crippen molar-refractivity contribution in [1.82, 2.24) is 20.5 Å². The van der Waals surface area contributed by atoms with E-state index in [0.717, 1.165) is 22.3 Å². The van der Waals surface area contributed by atoms with Crippen LogP contribution in [0.2, 0.25) is 0 Å². The molecule has 32 heavy (non-hydrogen) atoms. The minimum Gasteiger partial charge on any atom is -0.481 e. The smallest absolute Gasteiger partial charge is 0.414 e. The second kappa shape index (κ2) is 9.29. The summed E-state index contributed by atoms with van der Waals surface area (Å²) in [5, 5.41) is 19.7. The summed E-state index contributed by atoms with van der Waals surface area (Å²) in [6, 6.07) is 16.0. The number of nitrogens with one attached hydrogen (secondary N) is 3. The fourth-order valence-corrected chi connectivity index (χ4v) is 3.67. The number of rotatable bonds is 8. The summed E-state index contributed by atoms with van der Waals surface area (Å²) in [7, 11) is 0. The van der Waals surface area contributed by atoms with Gasteiger partial charge in [0.15, 0.2) is 0 Å². The number of carboxylic acids is 1. The van der Waals surface area contributed by atoms with Crippen LogP contribution in [0.3, 0.4) is 0 Å². The summed E-state index contributed by atoms with van der Waals surface area (Å²) >= 11 is 0. The van der Waals surface area contributed by atoms with Gasteiger partial charge in [0.05, 0.1) is 0 Å². The van der Waals surface area contributed by atoms with Crippen molar-refractivity contribution in [2.45, 2.75) is 18.8 Å². The fraction of sp³-hybridized carbons (Fsp3) is 0.227. The number of ether oxygens (including phenoxy) is 1. The van der Waals surface area contributed by atoms with Gasteiger partial charge in [-0.2, -0.15) is 4.98 Å². The number of carboxylic acid groups (broad SMARTS) is 1. The standard InChI is InChI=1S/C22H21N5O5/c28-18(29)10-5-11-23-20(30)19-24-21(27-26-19)25-22(31)32-12-17-15-8-3-1-6-13(15)14-7-2-4-9-16(14)17/h1-4,6-9,17H,5,10-12H2,(H,23,30)(H,28,29)(H2,24,25,26,27,31). The van der Waals surface area contributed by atoms with Gasteiger partial charge in [0.25, 0.3) is 11.9 Å². The highest BCUT2D eigenvalue weighted by Crippen LogP contribution is 2.44. The second-order valence-electron chi connectivity index (χ2n) is 7.21. The van der Waals surface area contributed by atoms with E-state index in [2.05, 4.69) is 37.9 Å². The largest absolute Gasteiger partial charge is 0.481 e. The van der Waals surface area contributed by atoms with Gasteiger partial charge in [-0.05, 0) is 28.7 Å². The molecule has 0 aliphatic heterocycles. The maximum atomic E-state index is 12.3. The Morgan fingerprint density at radius 1 is 1.03 bits per heavy atom. The Morgan fingerprint density at radius 2 is 1.69 bits per heavy atom. The van der Waals surface area contributed by atoms with E-state index in [1.54, 1.807) is 0 Å². The maximum absolute atomic E-state index is 12.3. The van der Waals surface area contributed by atoms with Crippen molar-refractivity contribution in [2.24, 2.45) is 0 Å². The van der Waals surface area contributed by atoms with Crippen LogP contribution in [0.4, 0.5) is 10.7 Å². The molecule has 0 saturated heterocycles. The Kier molecular flexibility index (Phi) is 6.11. The minimum atomic E-state index is -0.937. The average Bonchev–Trinajstić information content (AvgIpc) is 3.38. The molecule has 0 spiro atoms. The number of amides is 2. The molecular formula is C22H21N5O5. The average molecular weight is 435 g/mol. The summed E-state index contributed by atoms with van der Waals surface area (Å²) < 4.78 is 5.42. The van der Waals surface area contributed by atoms with Gasteiger partial charge < -0.3 is 15.2 Å². The molecule has 0 unspecified atom stereocenters. The first-order valence-electron chi connectivity index (χ1n) is 10.1. The number of nitrogens with zero attached hydrogens (tertiary/aromatic N) is 2. The Morgan fingerprint density at radius 3 is 2.34 bits per heavy atom. The lowest BCUT2D eigenvalue weighted by atomic mass is 9.98. The maximum Gasteiger partial charge on any atom is 0.414 e. The predicted octanol–water partition coefficient (Wildman–Crippen LogP) is 2.76. The number of aromatic amines is 1. The third-order valence-electron chi connectivity index (χ3n) is 5.11. The van der Waals surface area contributed by atoms with E-state index < -0.39 is 18.0 Å². The number of benzene rings is 2. The van der Waals surface area contributed by atoms with Crippen LogP contribution in [0.1, 0.15) is 40.5 Å². The molecule has 4 N–H and O–H groups in total. The summed E-state index contributed by atoms with van der Waals surface area (Å²) in [5.41, 5.74) is 4.46. The van der Waals surface area contributed by atoms with Crippen LogP contribution < -0.4 is 10.6 Å². The summed E-state index contributed by atoms with van der Waals surface area (Å²) in [6.07, 6.45) is -0.495. The topological polar surface area (TPSA) is 146 Å². The Bertz CT molecular complexity index is 1110. The van der Waals surface area contributed by atoms with Gasteiger partial charge in [-0.3, -0.25) is 20.0 Å². The number of aromatic nitrogens is 3. The van der Waals surface area contributed by atoms with Crippen molar-refractivity contribution in [3.63, 3.8) is 0 Å². The Labute approximate surface area is 183 Å². The zero-order chi connectivity index (χ0) is 22.5. The molecule has 164 valence electrons. The van der Waals surface area contributed by atoms with Crippen molar-refractivity contribution in [2.75, 3.05) is 18.5 Å². The second-order valence-corrected chi connectivity index (χ2v) is 7.21. The number of fused-ring (bicyclic) bond motifs is 3. The number of H-pyrrole nitrogens is 1. The number of anilines is 1. The Balaban J connectivity index is 1.32. The van der Waals surface area contributed by atoms with Gasteiger partial charge in [-0.15, -0.1) is 5.10 Å². The van der Waals surface area contributed by atoms with E-state index in [0.29, 0.717) is 6.42 Å². The van der Waals surface area contributed by atoms with Gasteiger partial charge in [0, 0.05) is 18.9 Å². The van der Waals surface area contributed by atoms with Crippen molar-refractivity contribution < 1.29 is 24.2 Å². The molecule has 3 aromatic rings. The lowest BCUT2D eigenvalue weighted by Gasteiger charge is -2.13. The number of hydrogen-bond donors (Lipinski definition) is 4. The van der Waals surface area contributed by atoms with Crippen LogP contribution in [-0.4, -0.2) is 51.4 Å². The highest BCUT2D eigenvalue weighted by Gasteiger charge is 2.29. The first-order valence-corrected chi connectivity index (χ1v) is 10.1. The molecule has 1 aliphatic carbocycles. The normalized spacial score (nSPS) is 12.0. The molecule has 10 heteroatoms. The fourth-order valence-electron chi connectivity index (χ4n) is 3.67. The van der Waals surface area contributed by atoms with E-state index in [1.807, 2.05) is 36.4 Å². The van der Waals surface area contributed by atoms with Crippen LogP contribution in [-0.2, 0) is 9.53 Å². The molecule has 0 saturated carbocycles. The van der Waals surface area contributed by atoms with Gasteiger partial charge in [-0.25, -0.2) is 4.79 Å². The van der Waals surface area contributed by atoms with Crippen molar-refractivity contribution >= 4 is 23.9 Å². The highest BCUT2D eigenvalue weighted by molar-refractivity contribution is 5.91. The molecule has 1 aromatic heterocycles. The van der Waals surface area contributed by atoms with E-state index in [1.165, 1.54) is 0 Å².